The fraction of sp³-hybridized carbons (Fsp3) is 0.316. The van der Waals surface area contributed by atoms with Gasteiger partial charge in [0, 0.05) is 23.4 Å². The smallest absolute Gasteiger partial charge is 0.288 e. The summed E-state index contributed by atoms with van der Waals surface area (Å²) in [5.74, 6) is -0.727. The zero-order valence-electron chi connectivity index (χ0n) is 14.0. The summed E-state index contributed by atoms with van der Waals surface area (Å²) < 4.78 is 13.3. The molecule has 2 aromatic rings. The van der Waals surface area contributed by atoms with E-state index in [2.05, 4.69) is 0 Å². The number of halogens is 2. The number of rotatable bonds is 4. The second-order valence-electron chi connectivity index (χ2n) is 6.37. The summed E-state index contributed by atoms with van der Waals surface area (Å²) in [7, 11) is 0. The van der Waals surface area contributed by atoms with Crippen molar-refractivity contribution >= 4 is 28.9 Å². The van der Waals surface area contributed by atoms with Gasteiger partial charge < -0.3 is 4.90 Å². The van der Waals surface area contributed by atoms with Crippen molar-refractivity contribution in [2.45, 2.75) is 38.1 Å². The van der Waals surface area contributed by atoms with Crippen LogP contribution in [0.25, 0.3) is 0 Å². The number of amides is 1. The maximum Gasteiger partial charge on any atom is 0.288 e. The van der Waals surface area contributed by atoms with Crippen molar-refractivity contribution < 1.29 is 14.1 Å². The predicted molar refractivity (Wildman–Crippen MR) is 98.2 cm³/mol. The Morgan fingerprint density at radius 1 is 1.12 bits per heavy atom. The van der Waals surface area contributed by atoms with Gasteiger partial charge in [0.1, 0.15) is 10.8 Å². The Bertz CT molecular complexity index is 820. The third kappa shape index (κ3) is 3.85. The Hall–Kier alpha value is -2.47. The van der Waals surface area contributed by atoms with E-state index >= 15 is 0 Å². The second-order valence-corrected chi connectivity index (χ2v) is 6.77. The van der Waals surface area contributed by atoms with Gasteiger partial charge in [-0.25, -0.2) is 4.39 Å². The molecule has 7 heteroatoms. The maximum absolute atomic E-state index is 13.3. The number of hydrogen-bond donors (Lipinski definition) is 0. The minimum atomic E-state index is -0.609. The Kier molecular flexibility index (Phi) is 5.52. The highest BCUT2D eigenvalue weighted by Crippen LogP contribution is 2.31. The van der Waals surface area contributed by atoms with Gasteiger partial charge in [-0.2, -0.15) is 0 Å². The predicted octanol–water partition coefficient (Wildman–Crippen LogP) is 5.37. The molecule has 3 rings (SSSR count). The molecule has 1 aliphatic rings. The highest BCUT2D eigenvalue weighted by molar-refractivity contribution is 6.32. The number of hydrogen-bond acceptors (Lipinski definition) is 3. The summed E-state index contributed by atoms with van der Waals surface area (Å²) in [6.07, 6.45) is 4.83. The van der Waals surface area contributed by atoms with Gasteiger partial charge in [0.2, 0.25) is 0 Å². The van der Waals surface area contributed by atoms with Gasteiger partial charge in [-0.05, 0) is 49.2 Å². The molecule has 1 aliphatic carbocycles. The minimum Gasteiger partial charge on any atom is -0.305 e. The molecule has 0 saturated heterocycles. The molecular formula is C19H18ClFN2O3. The SMILES string of the molecule is O=C(c1ccc(Cl)c([N+](=O)[O-])c1)N(c1ccc(F)cc1)C1CCCCC1. The van der Waals surface area contributed by atoms with E-state index in [4.69, 9.17) is 11.6 Å². The highest BCUT2D eigenvalue weighted by Gasteiger charge is 2.29. The molecule has 0 N–H and O–H groups in total. The van der Waals surface area contributed by atoms with Gasteiger partial charge in [-0.3, -0.25) is 14.9 Å². The molecule has 1 saturated carbocycles. The lowest BCUT2D eigenvalue weighted by Crippen LogP contribution is -2.41. The summed E-state index contributed by atoms with van der Waals surface area (Å²) in [6.45, 7) is 0. The molecule has 0 aliphatic heterocycles. The summed E-state index contributed by atoms with van der Waals surface area (Å²) >= 11 is 5.85. The van der Waals surface area contributed by atoms with Crippen LogP contribution >= 0.6 is 11.6 Å². The van der Waals surface area contributed by atoms with Crippen LogP contribution in [0.2, 0.25) is 5.02 Å². The van der Waals surface area contributed by atoms with E-state index < -0.39 is 4.92 Å². The third-order valence-corrected chi connectivity index (χ3v) is 4.97. The van der Waals surface area contributed by atoms with Gasteiger partial charge in [0.15, 0.2) is 0 Å². The van der Waals surface area contributed by atoms with Crippen LogP contribution in [0.15, 0.2) is 42.5 Å². The first-order valence-electron chi connectivity index (χ1n) is 8.50. The molecule has 0 spiro atoms. The zero-order chi connectivity index (χ0) is 18.7. The van der Waals surface area contributed by atoms with E-state index in [1.54, 1.807) is 17.0 Å². The van der Waals surface area contributed by atoms with Crippen molar-refractivity contribution in [2.24, 2.45) is 0 Å². The summed E-state index contributed by atoms with van der Waals surface area (Å²) in [6, 6.07) is 9.76. The van der Waals surface area contributed by atoms with E-state index in [1.165, 1.54) is 30.3 Å². The van der Waals surface area contributed by atoms with Gasteiger partial charge in [-0.1, -0.05) is 30.9 Å². The van der Waals surface area contributed by atoms with Crippen LogP contribution in [0.5, 0.6) is 0 Å². The van der Waals surface area contributed by atoms with Crippen molar-refractivity contribution in [1.82, 2.24) is 0 Å². The lowest BCUT2D eigenvalue weighted by Gasteiger charge is -2.34. The van der Waals surface area contributed by atoms with Crippen LogP contribution in [-0.2, 0) is 0 Å². The number of benzene rings is 2. The molecule has 136 valence electrons. The number of nitro groups is 1. The number of anilines is 1. The van der Waals surface area contributed by atoms with Crippen molar-refractivity contribution in [3.8, 4) is 0 Å². The third-order valence-electron chi connectivity index (χ3n) is 4.65. The Morgan fingerprint density at radius 3 is 2.38 bits per heavy atom. The first kappa shape index (κ1) is 18.3. The van der Waals surface area contributed by atoms with Crippen molar-refractivity contribution in [1.29, 1.82) is 0 Å². The standard InChI is InChI=1S/C19H18ClFN2O3/c20-17-11-6-13(12-18(17)23(25)26)19(24)22(15-4-2-1-3-5-15)16-9-7-14(21)8-10-16/h6-12,15H,1-5H2. The zero-order valence-corrected chi connectivity index (χ0v) is 14.8. The highest BCUT2D eigenvalue weighted by atomic mass is 35.5. The number of carbonyl (C=O) groups is 1. The van der Waals surface area contributed by atoms with Crippen molar-refractivity contribution in [3.05, 3.63) is 69.0 Å². The quantitative estimate of drug-likeness (QED) is 0.532. The molecule has 0 unspecified atom stereocenters. The molecule has 1 fully saturated rings. The molecule has 0 heterocycles. The van der Waals surface area contributed by atoms with Crippen LogP contribution in [-0.4, -0.2) is 16.9 Å². The summed E-state index contributed by atoms with van der Waals surface area (Å²) in [5, 5.41) is 11.1. The molecule has 0 bridgehead atoms. The van der Waals surface area contributed by atoms with Crippen LogP contribution in [0.4, 0.5) is 15.8 Å². The fourth-order valence-electron chi connectivity index (χ4n) is 3.36. The Balaban J connectivity index is 2.00. The van der Waals surface area contributed by atoms with Gasteiger partial charge in [0.25, 0.3) is 11.6 Å². The molecule has 2 aromatic carbocycles. The van der Waals surface area contributed by atoms with Gasteiger partial charge in [-0.15, -0.1) is 0 Å². The lowest BCUT2D eigenvalue weighted by molar-refractivity contribution is -0.384. The van der Waals surface area contributed by atoms with Crippen molar-refractivity contribution in [2.75, 3.05) is 4.90 Å². The number of nitrogens with zero attached hydrogens (tertiary/aromatic N) is 2. The van der Waals surface area contributed by atoms with Crippen LogP contribution in [0, 0.1) is 15.9 Å². The molecule has 26 heavy (non-hydrogen) atoms. The monoisotopic (exact) mass is 376 g/mol. The number of nitro benzene ring substituents is 1. The lowest BCUT2D eigenvalue weighted by atomic mass is 9.93. The van der Waals surface area contributed by atoms with Crippen LogP contribution < -0.4 is 4.90 Å². The van der Waals surface area contributed by atoms with E-state index in [0.29, 0.717) is 5.69 Å². The van der Waals surface area contributed by atoms with E-state index in [9.17, 15) is 19.3 Å². The average Bonchev–Trinajstić information content (AvgIpc) is 2.64. The Morgan fingerprint density at radius 2 is 1.77 bits per heavy atom. The molecule has 0 atom stereocenters. The molecule has 5 nitrogen and oxygen atoms in total. The molecular weight excluding hydrogens is 359 g/mol. The van der Waals surface area contributed by atoms with Gasteiger partial charge >= 0.3 is 0 Å². The van der Waals surface area contributed by atoms with E-state index in [1.807, 2.05) is 0 Å². The maximum atomic E-state index is 13.3. The van der Waals surface area contributed by atoms with Crippen molar-refractivity contribution in [3.63, 3.8) is 0 Å². The molecule has 1 amide bonds. The summed E-state index contributed by atoms with van der Waals surface area (Å²) in [4.78, 5) is 25.3. The first-order valence-corrected chi connectivity index (χ1v) is 8.88. The normalized spacial score (nSPS) is 14.8. The first-order chi connectivity index (χ1) is 12.5. The average molecular weight is 377 g/mol. The largest absolute Gasteiger partial charge is 0.305 e. The Labute approximate surface area is 155 Å². The van der Waals surface area contributed by atoms with Gasteiger partial charge in [0.05, 0.1) is 4.92 Å². The fourth-order valence-corrected chi connectivity index (χ4v) is 3.55. The van der Waals surface area contributed by atoms with E-state index in [0.717, 1.165) is 32.1 Å². The van der Waals surface area contributed by atoms with Crippen LogP contribution in [0.3, 0.4) is 0 Å². The topological polar surface area (TPSA) is 63.4 Å². The summed E-state index contributed by atoms with van der Waals surface area (Å²) in [5.41, 5.74) is 0.470. The molecule has 0 radical (unpaired) electrons. The van der Waals surface area contributed by atoms with Crippen LogP contribution in [0.1, 0.15) is 42.5 Å². The molecule has 0 aromatic heterocycles. The van der Waals surface area contributed by atoms with E-state index in [-0.39, 0.29) is 34.0 Å². The number of carbonyl (C=O) groups excluding carboxylic acids is 1. The minimum absolute atomic E-state index is 0.0162. The second kappa shape index (κ2) is 7.83.